The number of amides is 1. The Bertz CT molecular complexity index is 887. The number of ether oxygens (including phenoxy) is 2. The van der Waals surface area contributed by atoms with Crippen molar-refractivity contribution < 1.29 is 27.8 Å². The molecular weight excluding hydrogens is 384 g/mol. The van der Waals surface area contributed by atoms with E-state index in [9.17, 15) is 13.2 Å². The second-order valence-electron chi connectivity index (χ2n) is 5.85. The van der Waals surface area contributed by atoms with Crippen LogP contribution in [0.5, 0.6) is 11.5 Å². The van der Waals surface area contributed by atoms with Crippen LogP contribution in [-0.4, -0.2) is 57.7 Å². The second-order valence-corrected chi connectivity index (χ2v) is 7.76. The Balaban J connectivity index is 2.43. The number of sulfonamides is 1. The third-order valence-corrected chi connectivity index (χ3v) is 5.76. The number of carbonyl (C=O) groups excluding carboxylic acids is 1. The van der Waals surface area contributed by atoms with Gasteiger partial charge in [-0.25, -0.2) is 8.42 Å². The highest BCUT2D eigenvalue weighted by molar-refractivity contribution is 7.89. The van der Waals surface area contributed by atoms with Crippen molar-refractivity contribution in [1.82, 2.24) is 9.62 Å². The average Bonchev–Trinajstić information content (AvgIpc) is 2.72. The van der Waals surface area contributed by atoms with E-state index < -0.39 is 22.5 Å². The number of nitrogens with zero attached hydrogens (tertiary/aromatic N) is 1. The molecule has 9 heteroatoms. The molecule has 0 aliphatic heterocycles. The first kappa shape index (κ1) is 21.7. The summed E-state index contributed by atoms with van der Waals surface area (Å²) in [6.45, 7) is -0.602. The molecule has 2 aromatic rings. The van der Waals surface area contributed by atoms with Crippen LogP contribution in [0.15, 0.2) is 53.4 Å². The number of hydrogen-bond donors (Lipinski definition) is 2. The molecule has 8 nitrogen and oxygen atoms in total. The number of benzene rings is 2. The molecule has 0 saturated carbocycles. The highest BCUT2D eigenvalue weighted by Gasteiger charge is 2.30. The van der Waals surface area contributed by atoms with Gasteiger partial charge in [0, 0.05) is 19.2 Å². The Morgan fingerprint density at radius 3 is 2.43 bits per heavy atom. The van der Waals surface area contributed by atoms with E-state index in [1.54, 1.807) is 30.3 Å². The molecule has 0 aliphatic rings. The van der Waals surface area contributed by atoms with Crippen molar-refractivity contribution in [1.29, 1.82) is 0 Å². The molecule has 28 heavy (non-hydrogen) atoms. The Morgan fingerprint density at radius 1 is 1.11 bits per heavy atom. The molecule has 152 valence electrons. The van der Waals surface area contributed by atoms with Gasteiger partial charge in [0.05, 0.1) is 27.4 Å². The molecule has 0 fully saturated rings. The van der Waals surface area contributed by atoms with Crippen LogP contribution < -0.4 is 14.8 Å². The minimum absolute atomic E-state index is 0.00389. The number of carbonyl (C=O) groups is 1. The van der Waals surface area contributed by atoms with Crippen molar-refractivity contribution >= 4 is 15.9 Å². The van der Waals surface area contributed by atoms with Gasteiger partial charge >= 0.3 is 0 Å². The van der Waals surface area contributed by atoms with E-state index in [0.29, 0.717) is 5.75 Å². The zero-order chi connectivity index (χ0) is 20.6. The third-order valence-electron chi connectivity index (χ3n) is 3.94. The van der Waals surface area contributed by atoms with Crippen LogP contribution in [0.25, 0.3) is 0 Å². The topological polar surface area (TPSA) is 105 Å². The van der Waals surface area contributed by atoms with E-state index in [0.717, 1.165) is 9.87 Å². The monoisotopic (exact) mass is 408 g/mol. The average molecular weight is 408 g/mol. The molecule has 0 heterocycles. The van der Waals surface area contributed by atoms with Crippen LogP contribution in [0.3, 0.4) is 0 Å². The maximum absolute atomic E-state index is 13.4. The van der Waals surface area contributed by atoms with Crippen LogP contribution >= 0.6 is 0 Å². The van der Waals surface area contributed by atoms with E-state index in [4.69, 9.17) is 14.6 Å². The molecule has 0 unspecified atom stereocenters. The summed E-state index contributed by atoms with van der Waals surface area (Å²) in [5, 5.41) is 11.3. The van der Waals surface area contributed by atoms with E-state index in [1.807, 2.05) is 6.07 Å². The van der Waals surface area contributed by atoms with Crippen molar-refractivity contribution in [2.75, 3.05) is 33.9 Å². The summed E-state index contributed by atoms with van der Waals surface area (Å²) >= 11 is 0. The molecule has 0 spiro atoms. The lowest BCUT2D eigenvalue weighted by Crippen LogP contribution is -2.41. The van der Waals surface area contributed by atoms with Crippen LogP contribution in [0, 0.1) is 0 Å². The minimum Gasteiger partial charge on any atom is -0.497 e. The first-order valence-corrected chi connectivity index (χ1v) is 10.00. The number of aliphatic hydroxyl groups is 1. The van der Waals surface area contributed by atoms with Gasteiger partial charge in [0.25, 0.3) is 0 Å². The molecule has 0 aliphatic carbocycles. The lowest BCUT2D eigenvalue weighted by atomic mass is 10.2. The van der Waals surface area contributed by atoms with E-state index >= 15 is 0 Å². The van der Waals surface area contributed by atoms with Crippen molar-refractivity contribution in [2.24, 2.45) is 0 Å². The quantitative estimate of drug-likeness (QED) is 0.608. The number of rotatable bonds is 10. The standard InChI is InChI=1S/C19H24N2O6S/c1-26-16-8-9-17(27-2)18(12-16)28(24,25)21(14-19(23)20-10-11-22)13-15-6-4-3-5-7-15/h3-9,12,22H,10-11,13-14H2,1-2H3,(H,20,23). The molecule has 0 radical (unpaired) electrons. The summed E-state index contributed by atoms with van der Waals surface area (Å²) in [7, 11) is -1.29. The number of hydrogen-bond acceptors (Lipinski definition) is 6. The van der Waals surface area contributed by atoms with Gasteiger partial charge in [0.15, 0.2) is 0 Å². The van der Waals surface area contributed by atoms with Crippen molar-refractivity contribution in [2.45, 2.75) is 11.4 Å². The summed E-state index contributed by atoms with van der Waals surface area (Å²) in [6.07, 6.45) is 0. The fraction of sp³-hybridized carbons (Fsp3) is 0.316. The molecular formula is C19H24N2O6S. The maximum Gasteiger partial charge on any atom is 0.247 e. The molecule has 0 aromatic heterocycles. The van der Waals surface area contributed by atoms with Crippen LogP contribution in [0.2, 0.25) is 0 Å². The molecule has 0 bridgehead atoms. The van der Waals surface area contributed by atoms with E-state index in [1.165, 1.54) is 26.4 Å². The summed E-state index contributed by atoms with van der Waals surface area (Å²) in [4.78, 5) is 12.1. The fourth-order valence-electron chi connectivity index (χ4n) is 2.55. The van der Waals surface area contributed by atoms with Gasteiger partial charge in [-0.05, 0) is 17.7 Å². The molecule has 1 amide bonds. The third kappa shape index (κ3) is 5.44. The van der Waals surface area contributed by atoms with Crippen LogP contribution in [0.1, 0.15) is 5.56 Å². The zero-order valence-corrected chi connectivity index (χ0v) is 16.6. The predicted molar refractivity (Wildman–Crippen MR) is 104 cm³/mol. The summed E-state index contributed by atoms with van der Waals surface area (Å²) in [5.41, 5.74) is 0.725. The Labute approximate surface area is 164 Å². The highest BCUT2D eigenvalue weighted by Crippen LogP contribution is 2.31. The lowest BCUT2D eigenvalue weighted by molar-refractivity contribution is -0.121. The Hall–Kier alpha value is -2.62. The SMILES string of the molecule is COc1ccc(OC)c(S(=O)(=O)N(CC(=O)NCCO)Cc2ccccc2)c1. The predicted octanol–water partition coefficient (Wildman–Crippen LogP) is 1.00. The minimum atomic E-state index is -4.09. The fourth-order valence-corrected chi connectivity index (χ4v) is 4.10. The molecule has 0 saturated heterocycles. The lowest BCUT2D eigenvalue weighted by Gasteiger charge is -2.23. The first-order valence-electron chi connectivity index (χ1n) is 8.56. The molecule has 0 atom stereocenters. The Kier molecular flexibility index (Phi) is 7.80. The van der Waals surface area contributed by atoms with Gasteiger partial charge in [-0.2, -0.15) is 4.31 Å². The number of nitrogens with one attached hydrogen (secondary N) is 1. The van der Waals surface area contributed by atoms with Gasteiger partial charge in [0.2, 0.25) is 15.9 Å². The van der Waals surface area contributed by atoms with Gasteiger partial charge in [0.1, 0.15) is 16.4 Å². The Morgan fingerprint density at radius 2 is 1.82 bits per heavy atom. The second kappa shape index (κ2) is 10.1. The van der Waals surface area contributed by atoms with Crippen molar-refractivity contribution in [3.63, 3.8) is 0 Å². The summed E-state index contributed by atoms with van der Waals surface area (Å²) in [5.74, 6) is -0.0196. The molecule has 2 aromatic carbocycles. The zero-order valence-electron chi connectivity index (χ0n) is 15.8. The van der Waals surface area contributed by atoms with Crippen molar-refractivity contribution in [3.05, 3.63) is 54.1 Å². The maximum atomic E-state index is 13.4. The number of aliphatic hydroxyl groups excluding tert-OH is 1. The highest BCUT2D eigenvalue weighted by atomic mass is 32.2. The van der Waals surface area contributed by atoms with Crippen LogP contribution in [0.4, 0.5) is 0 Å². The summed E-state index contributed by atoms with van der Waals surface area (Å²) in [6, 6.07) is 13.4. The van der Waals surface area contributed by atoms with Crippen LogP contribution in [-0.2, 0) is 21.4 Å². The van der Waals surface area contributed by atoms with E-state index in [-0.39, 0.29) is 30.3 Å². The smallest absolute Gasteiger partial charge is 0.247 e. The number of methoxy groups -OCH3 is 2. The van der Waals surface area contributed by atoms with Gasteiger partial charge in [-0.3, -0.25) is 4.79 Å². The first-order chi connectivity index (χ1) is 13.4. The van der Waals surface area contributed by atoms with Gasteiger partial charge in [-0.1, -0.05) is 30.3 Å². The molecule has 2 N–H and O–H groups in total. The molecule has 2 rings (SSSR count). The van der Waals surface area contributed by atoms with Gasteiger partial charge in [-0.15, -0.1) is 0 Å². The van der Waals surface area contributed by atoms with Gasteiger partial charge < -0.3 is 19.9 Å². The summed E-state index contributed by atoms with van der Waals surface area (Å²) < 4.78 is 38.1. The normalized spacial score (nSPS) is 11.3. The van der Waals surface area contributed by atoms with Crippen molar-refractivity contribution in [3.8, 4) is 11.5 Å². The van der Waals surface area contributed by atoms with E-state index in [2.05, 4.69) is 5.32 Å². The largest absolute Gasteiger partial charge is 0.497 e.